The predicted octanol–water partition coefficient (Wildman–Crippen LogP) is 2.58. The number of aromatic nitrogens is 2. The Hall–Kier alpha value is -0.820. The highest BCUT2D eigenvalue weighted by Gasteiger charge is 2.22. The fraction of sp³-hybridized carbons (Fsp3) is 0.455. The van der Waals surface area contributed by atoms with Crippen molar-refractivity contribution in [3.63, 3.8) is 0 Å². The van der Waals surface area contributed by atoms with Gasteiger partial charge in [0.2, 0.25) is 0 Å². The molecule has 4 nitrogen and oxygen atoms in total. The molecule has 1 atom stereocenters. The largest absolute Gasteiger partial charge is 0.271 e. The van der Waals surface area contributed by atoms with E-state index in [9.17, 15) is 0 Å². The second-order valence-electron chi connectivity index (χ2n) is 4.27. The minimum atomic E-state index is -0.00245. The molecule has 2 aromatic rings. The highest BCUT2D eigenvalue weighted by molar-refractivity contribution is 7.10. The number of hydrogen-bond donors (Lipinski definition) is 2. The van der Waals surface area contributed by atoms with Gasteiger partial charge in [-0.1, -0.05) is 18.3 Å². The molecule has 6 heteroatoms. The lowest BCUT2D eigenvalue weighted by atomic mass is 10.0. The van der Waals surface area contributed by atoms with Gasteiger partial charge in [0.25, 0.3) is 0 Å². The quantitative estimate of drug-likeness (QED) is 0.661. The van der Waals surface area contributed by atoms with E-state index in [2.05, 4.69) is 47.2 Å². The minimum absolute atomic E-state index is 0.00245. The molecule has 0 amide bonds. The molecule has 2 heterocycles. The van der Waals surface area contributed by atoms with E-state index in [0.717, 1.165) is 10.6 Å². The van der Waals surface area contributed by atoms with E-state index in [1.165, 1.54) is 22.0 Å². The van der Waals surface area contributed by atoms with Crippen molar-refractivity contribution in [1.29, 1.82) is 0 Å². The average Bonchev–Trinajstić information content (AvgIpc) is 2.89. The summed E-state index contributed by atoms with van der Waals surface area (Å²) in [4.78, 5) is 2.39. The molecule has 0 aliphatic rings. The first-order valence-electron chi connectivity index (χ1n) is 5.46. The molecule has 0 spiro atoms. The number of hydrogen-bond acceptors (Lipinski definition) is 6. The van der Waals surface area contributed by atoms with Crippen LogP contribution in [0.3, 0.4) is 0 Å². The summed E-state index contributed by atoms with van der Waals surface area (Å²) in [7, 11) is 0. The van der Waals surface area contributed by atoms with Crippen molar-refractivity contribution in [2.45, 2.75) is 32.7 Å². The van der Waals surface area contributed by atoms with E-state index in [-0.39, 0.29) is 6.04 Å². The van der Waals surface area contributed by atoms with Crippen LogP contribution in [0.4, 0.5) is 0 Å². The molecule has 2 aromatic heterocycles. The topological polar surface area (TPSA) is 63.8 Å². The summed E-state index contributed by atoms with van der Waals surface area (Å²) < 4.78 is 4.04. The van der Waals surface area contributed by atoms with Gasteiger partial charge in [-0.05, 0) is 41.4 Å². The Bertz CT molecular complexity index is 489. The van der Waals surface area contributed by atoms with Crippen LogP contribution in [0.5, 0.6) is 0 Å². The van der Waals surface area contributed by atoms with Gasteiger partial charge in [0.05, 0.1) is 16.6 Å². The van der Waals surface area contributed by atoms with Crippen molar-refractivity contribution in [2.24, 2.45) is 5.84 Å². The smallest absolute Gasteiger partial charge is 0.0845 e. The Balaban J connectivity index is 2.38. The monoisotopic (exact) mass is 268 g/mol. The molecule has 92 valence electrons. The standard InChI is InChI=1S/C11H16N4S2/c1-6(2)9-11(17-15-14-9)10(13-12)8-4-7(3)16-5-8/h4-6,10,13H,12H2,1-3H3. The zero-order valence-electron chi connectivity index (χ0n) is 10.1. The number of thiophene rings is 1. The lowest BCUT2D eigenvalue weighted by molar-refractivity contribution is 0.633. The van der Waals surface area contributed by atoms with E-state index in [0.29, 0.717) is 5.92 Å². The van der Waals surface area contributed by atoms with Gasteiger partial charge in [-0.15, -0.1) is 16.4 Å². The van der Waals surface area contributed by atoms with Crippen LogP contribution < -0.4 is 11.3 Å². The minimum Gasteiger partial charge on any atom is -0.271 e. The van der Waals surface area contributed by atoms with Gasteiger partial charge in [0.15, 0.2) is 0 Å². The summed E-state index contributed by atoms with van der Waals surface area (Å²) >= 11 is 3.14. The maximum atomic E-state index is 5.68. The van der Waals surface area contributed by atoms with Crippen LogP contribution in [0.2, 0.25) is 0 Å². The number of hydrazine groups is 1. The second kappa shape index (κ2) is 5.22. The Labute approximate surface area is 109 Å². The number of nitrogens with zero attached hydrogens (tertiary/aromatic N) is 2. The molecule has 0 radical (unpaired) electrons. The summed E-state index contributed by atoms with van der Waals surface area (Å²) in [6.07, 6.45) is 0. The zero-order valence-corrected chi connectivity index (χ0v) is 11.7. The molecular weight excluding hydrogens is 252 g/mol. The van der Waals surface area contributed by atoms with E-state index < -0.39 is 0 Å². The highest BCUT2D eigenvalue weighted by Crippen LogP contribution is 2.32. The fourth-order valence-corrected chi connectivity index (χ4v) is 3.37. The number of nitrogens with one attached hydrogen (secondary N) is 1. The first-order chi connectivity index (χ1) is 8.13. The van der Waals surface area contributed by atoms with E-state index >= 15 is 0 Å². The van der Waals surface area contributed by atoms with Gasteiger partial charge < -0.3 is 0 Å². The molecule has 0 bridgehead atoms. The van der Waals surface area contributed by atoms with Crippen LogP contribution >= 0.6 is 22.9 Å². The lowest BCUT2D eigenvalue weighted by Gasteiger charge is -2.14. The van der Waals surface area contributed by atoms with Crippen LogP contribution in [0, 0.1) is 6.92 Å². The number of rotatable bonds is 4. The van der Waals surface area contributed by atoms with E-state index in [4.69, 9.17) is 5.84 Å². The second-order valence-corrected chi connectivity index (χ2v) is 6.17. The molecule has 0 aliphatic carbocycles. The Kier molecular flexibility index (Phi) is 3.88. The van der Waals surface area contributed by atoms with Crippen molar-refractivity contribution < 1.29 is 0 Å². The summed E-state index contributed by atoms with van der Waals surface area (Å²) in [5.74, 6) is 6.04. The van der Waals surface area contributed by atoms with Crippen molar-refractivity contribution in [2.75, 3.05) is 0 Å². The van der Waals surface area contributed by atoms with Gasteiger partial charge in [0.1, 0.15) is 0 Å². The first-order valence-corrected chi connectivity index (χ1v) is 7.12. The first kappa shape index (κ1) is 12.6. The summed E-state index contributed by atoms with van der Waals surface area (Å²) in [5.41, 5.74) is 5.08. The Morgan fingerprint density at radius 2 is 2.18 bits per heavy atom. The molecule has 0 fully saturated rings. The van der Waals surface area contributed by atoms with Gasteiger partial charge >= 0.3 is 0 Å². The normalized spacial score (nSPS) is 13.2. The van der Waals surface area contributed by atoms with Crippen LogP contribution in [0.15, 0.2) is 11.4 Å². The molecule has 17 heavy (non-hydrogen) atoms. The number of aryl methyl sites for hydroxylation is 1. The van der Waals surface area contributed by atoms with Gasteiger partial charge in [0, 0.05) is 4.88 Å². The molecule has 2 rings (SSSR count). The molecule has 0 aromatic carbocycles. The van der Waals surface area contributed by atoms with E-state index in [1.807, 2.05) is 0 Å². The number of nitrogens with two attached hydrogens (primary N) is 1. The Morgan fingerprint density at radius 3 is 2.71 bits per heavy atom. The van der Waals surface area contributed by atoms with Gasteiger partial charge in [-0.2, -0.15) is 0 Å². The van der Waals surface area contributed by atoms with E-state index in [1.54, 1.807) is 11.3 Å². The molecule has 3 N–H and O–H groups in total. The van der Waals surface area contributed by atoms with Gasteiger partial charge in [-0.3, -0.25) is 5.84 Å². The van der Waals surface area contributed by atoms with Crippen LogP contribution in [-0.2, 0) is 0 Å². The third-order valence-electron chi connectivity index (χ3n) is 2.60. The van der Waals surface area contributed by atoms with Crippen molar-refractivity contribution in [3.05, 3.63) is 32.5 Å². The van der Waals surface area contributed by atoms with Crippen molar-refractivity contribution in [3.8, 4) is 0 Å². The van der Waals surface area contributed by atoms with Crippen LogP contribution in [-0.4, -0.2) is 9.59 Å². The lowest BCUT2D eigenvalue weighted by Crippen LogP contribution is -2.28. The molecular formula is C11H16N4S2. The van der Waals surface area contributed by atoms with Crippen LogP contribution in [0.1, 0.15) is 46.8 Å². The molecule has 0 aliphatic heterocycles. The zero-order chi connectivity index (χ0) is 12.4. The van der Waals surface area contributed by atoms with Crippen LogP contribution in [0.25, 0.3) is 0 Å². The molecule has 0 saturated carbocycles. The van der Waals surface area contributed by atoms with Crippen molar-refractivity contribution in [1.82, 2.24) is 15.0 Å². The fourth-order valence-electron chi connectivity index (χ4n) is 1.74. The van der Waals surface area contributed by atoms with Gasteiger partial charge in [-0.25, -0.2) is 5.43 Å². The molecule has 0 saturated heterocycles. The maximum Gasteiger partial charge on any atom is 0.0845 e. The Morgan fingerprint density at radius 1 is 1.41 bits per heavy atom. The van der Waals surface area contributed by atoms with Crippen molar-refractivity contribution >= 4 is 22.9 Å². The third kappa shape index (κ3) is 2.55. The summed E-state index contributed by atoms with van der Waals surface area (Å²) in [5, 5.41) is 6.32. The molecule has 1 unspecified atom stereocenters. The highest BCUT2D eigenvalue weighted by atomic mass is 32.1. The summed E-state index contributed by atoms with van der Waals surface area (Å²) in [6.45, 7) is 6.33. The maximum absolute atomic E-state index is 5.68. The summed E-state index contributed by atoms with van der Waals surface area (Å²) in [6, 6.07) is 2.15. The predicted molar refractivity (Wildman–Crippen MR) is 72.2 cm³/mol. The SMILES string of the molecule is Cc1cc(C(NN)c2snnc2C(C)C)cs1. The average molecular weight is 268 g/mol. The third-order valence-corrected chi connectivity index (χ3v) is 4.28.